The maximum atomic E-state index is 12.2. The van der Waals surface area contributed by atoms with Gasteiger partial charge in [-0.15, -0.1) is 0 Å². The smallest absolute Gasteiger partial charge is 0.255 e. The number of ether oxygens (including phenoxy) is 1. The SMILES string of the molecule is CCOc1ncccc1NC(=O)c1ccc(C)c(Br)c1. The van der Waals surface area contributed by atoms with E-state index >= 15 is 0 Å². The third-order valence-electron chi connectivity index (χ3n) is 2.73. The summed E-state index contributed by atoms with van der Waals surface area (Å²) < 4.78 is 6.29. The van der Waals surface area contributed by atoms with E-state index in [1.165, 1.54) is 0 Å². The van der Waals surface area contributed by atoms with Crippen molar-refractivity contribution in [2.24, 2.45) is 0 Å². The van der Waals surface area contributed by atoms with Gasteiger partial charge in [0.15, 0.2) is 0 Å². The van der Waals surface area contributed by atoms with Crippen LogP contribution in [0.25, 0.3) is 0 Å². The second kappa shape index (κ2) is 6.52. The van der Waals surface area contributed by atoms with Crippen molar-refractivity contribution in [1.82, 2.24) is 4.98 Å². The zero-order valence-corrected chi connectivity index (χ0v) is 12.9. The predicted octanol–water partition coefficient (Wildman–Crippen LogP) is 3.80. The fraction of sp³-hybridized carbons (Fsp3) is 0.200. The molecule has 0 radical (unpaired) electrons. The van der Waals surface area contributed by atoms with E-state index in [4.69, 9.17) is 4.74 Å². The van der Waals surface area contributed by atoms with Gasteiger partial charge in [0.1, 0.15) is 5.69 Å². The van der Waals surface area contributed by atoms with E-state index in [0.29, 0.717) is 23.7 Å². The number of amides is 1. The molecule has 1 heterocycles. The van der Waals surface area contributed by atoms with E-state index < -0.39 is 0 Å². The van der Waals surface area contributed by atoms with Crippen LogP contribution in [0.2, 0.25) is 0 Å². The fourth-order valence-corrected chi connectivity index (χ4v) is 2.05. The molecule has 20 heavy (non-hydrogen) atoms. The molecule has 0 unspecified atom stereocenters. The highest BCUT2D eigenvalue weighted by Gasteiger charge is 2.11. The minimum atomic E-state index is -0.195. The minimum absolute atomic E-state index is 0.195. The first kappa shape index (κ1) is 14.5. The molecular weight excluding hydrogens is 320 g/mol. The van der Waals surface area contributed by atoms with E-state index in [1.807, 2.05) is 19.9 Å². The van der Waals surface area contributed by atoms with Crippen LogP contribution in [0.15, 0.2) is 41.0 Å². The number of carbonyl (C=O) groups excluding carboxylic acids is 1. The van der Waals surface area contributed by atoms with E-state index in [1.54, 1.807) is 30.5 Å². The van der Waals surface area contributed by atoms with Crippen LogP contribution in [0, 0.1) is 6.92 Å². The molecule has 1 aromatic carbocycles. The summed E-state index contributed by atoms with van der Waals surface area (Å²) in [7, 11) is 0. The molecule has 5 heteroatoms. The molecule has 0 aliphatic heterocycles. The first-order valence-electron chi connectivity index (χ1n) is 6.27. The molecule has 1 amide bonds. The molecule has 0 fully saturated rings. The van der Waals surface area contributed by atoms with Crippen LogP contribution in [0.5, 0.6) is 5.88 Å². The molecule has 0 saturated heterocycles. The van der Waals surface area contributed by atoms with Crippen molar-refractivity contribution in [3.63, 3.8) is 0 Å². The fourth-order valence-electron chi connectivity index (χ4n) is 1.67. The molecule has 2 rings (SSSR count). The Bertz CT molecular complexity index is 629. The van der Waals surface area contributed by atoms with Crippen LogP contribution in [0.4, 0.5) is 5.69 Å². The molecule has 0 bridgehead atoms. The van der Waals surface area contributed by atoms with Gasteiger partial charge in [-0.25, -0.2) is 4.98 Å². The Morgan fingerprint density at radius 3 is 2.90 bits per heavy atom. The van der Waals surface area contributed by atoms with Gasteiger partial charge in [-0.2, -0.15) is 0 Å². The first-order chi connectivity index (χ1) is 9.61. The van der Waals surface area contributed by atoms with Crippen LogP contribution in [0.1, 0.15) is 22.8 Å². The van der Waals surface area contributed by atoms with E-state index in [0.717, 1.165) is 10.0 Å². The zero-order valence-electron chi connectivity index (χ0n) is 11.3. The summed E-state index contributed by atoms with van der Waals surface area (Å²) in [5.41, 5.74) is 2.22. The van der Waals surface area contributed by atoms with Crippen molar-refractivity contribution in [3.05, 3.63) is 52.1 Å². The van der Waals surface area contributed by atoms with Crippen LogP contribution < -0.4 is 10.1 Å². The number of benzene rings is 1. The zero-order chi connectivity index (χ0) is 14.5. The van der Waals surface area contributed by atoms with Crippen molar-refractivity contribution >= 4 is 27.5 Å². The largest absolute Gasteiger partial charge is 0.476 e. The van der Waals surface area contributed by atoms with Gasteiger partial charge in [-0.1, -0.05) is 22.0 Å². The molecule has 1 aromatic heterocycles. The van der Waals surface area contributed by atoms with Gasteiger partial charge in [-0.05, 0) is 43.7 Å². The summed E-state index contributed by atoms with van der Waals surface area (Å²) in [5.74, 6) is 0.231. The van der Waals surface area contributed by atoms with Crippen LogP contribution in [-0.2, 0) is 0 Å². The molecule has 4 nitrogen and oxygen atoms in total. The topological polar surface area (TPSA) is 51.2 Å². The maximum Gasteiger partial charge on any atom is 0.255 e. The summed E-state index contributed by atoms with van der Waals surface area (Å²) >= 11 is 3.42. The Hall–Kier alpha value is -1.88. The van der Waals surface area contributed by atoms with Crippen LogP contribution in [0.3, 0.4) is 0 Å². The van der Waals surface area contributed by atoms with E-state index in [9.17, 15) is 4.79 Å². The highest BCUT2D eigenvalue weighted by atomic mass is 79.9. The summed E-state index contributed by atoms with van der Waals surface area (Å²) in [6, 6.07) is 8.99. The maximum absolute atomic E-state index is 12.2. The molecular formula is C15H15BrN2O2. The average Bonchev–Trinajstić information content (AvgIpc) is 2.44. The van der Waals surface area contributed by atoms with Crippen molar-refractivity contribution < 1.29 is 9.53 Å². The van der Waals surface area contributed by atoms with Crippen molar-refractivity contribution in [2.45, 2.75) is 13.8 Å². The summed E-state index contributed by atoms with van der Waals surface area (Å²) in [5, 5.41) is 2.81. The lowest BCUT2D eigenvalue weighted by atomic mass is 10.1. The molecule has 0 aliphatic carbocycles. The first-order valence-corrected chi connectivity index (χ1v) is 7.06. The number of hydrogen-bond donors (Lipinski definition) is 1. The number of rotatable bonds is 4. The average molecular weight is 335 g/mol. The third kappa shape index (κ3) is 3.36. The number of nitrogens with zero attached hydrogens (tertiary/aromatic N) is 1. The van der Waals surface area contributed by atoms with Gasteiger partial charge in [-0.3, -0.25) is 4.79 Å². The second-order valence-corrected chi connectivity index (χ2v) is 5.06. The van der Waals surface area contributed by atoms with Gasteiger partial charge in [0.2, 0.25) is 5.88 Å². The van der Waals surface area contributed by atoms with Crippen LogP contribution >= 0.6 is 15.9 Å². The monoisotopic (exact) mass is 334 g/mol. The highest BCUT2D eigenvalue weighted by Crippen LogP contribution is 2.22. The molecule has 0 spiro atoms. The Morgan fingerprint density at radius 2 is 2.20 bits per heavy atom. The number of aromatic nitrogens is 1. The minimum Gasteiger partial charge on any atom is -0.476 e. The summed E-state index contributed by atoms with van der Waals surface area (Å²) in [6.07, 6.45) is 1.63. The van der Waals surface area contributed by atoms with Crippen molar-refractivity contribution in [1.29, 1.82) is 0 Å². The highest BCUT2D eigenvalue weighted by molar-refractivity contribution is 9.10. The van der Waals surface area contributed by atoms with E-state index in [-0.39, 0.29) is 5.91 Å². The van der Waals surface area contributed by atoms with Gasteiger partial charge < -0.3 is 10.1 Å². The molecule has 104 valence electrons. The van der Waals surface area contributed by atoms with Crippen molar-refractivity contribution in [3.8, 4) is 5.88 Å². The number of nitrogens with one attached hydrogen (secondary N) is 1. The Kier molecular flexibility index (Phi) is 4.74. The normalized spacial score (nSPS) is 10.2. The lowest BCUT2D eigenvalue weighted by Gasteiger charge is -2.10. The van der Waals surface area contributed by atoms with Crippen molar-refractivity contribution in [2.75, 3.05) is 11.9 Å². The molecule has 2 aromatic rings. The van der Waals surface area contributed by atoms with Gasteiger partial charge in [0.25, 0.3) is 5.91 Å². The lowest BCUT2D eigenvalue weighted by Crippen LogP contribution is -2.13. The summed E-state index contributed by atoms with van der Waals surface area (Å²) in [4.78, 5) is 16.3. The predicted molar refractivity (Wildman–Crippen MR) is 82.2 cm³/mol. The number of carbonyl (C=O) groups is 1. The van der Waals surface area contributed by atoms with Gasteiger partial charge in [0.05, 0.1) is 6.61 Å². The number of aryl methyl sites for hydroxylation is 1. The molecule has 0 aliphatic rings. The quantitative estimate of drug-likeness (QED) is 0.925. The van der Waals surface area contributed by atoms with Gasteiger partial charge >= 0.3 is 0 Å². The second-order valence-electron chi connectivity index (χ2n) is 4.21. The van der Waals surface area contributed by atoms with E-state index in [2.05, 4.69) is 26.2 Å². The third-order valence-corrected chi connectivity index (χ3v) is 3.59. The molecule has 1 N–H and O–H groups in total. The van der Waals surface area contributed by atoms with Crippen LogP contribution in [-0.4, -0.2) is 17.5 Å². The standard InChI is InChI=1S/C15H15BrN2O2/c1-3-20-15-13(5-4-8-17-15)18-14(19)11-7-6-10(2)12(16)9-11/h4-9H,3H2,1-2H3,(H,18,19). The number of hydrogen-bond acceptors (Lipinski definition) is 3. The number of halogens is 1. The lowest BCUT2D eigenvalue weighted by molar-refractivity contribution is 0.102. The number of pyridine rings is 1. The molecule has 0 atom stereocenters. The Morgan fingerprint density at radius 1 is 1.40 bits per heavy atom. The van der Waals surface area contributed by atoms with Gasteiger partial charge in [0, 0.05) is 16.2 Å². The Balaban J connectivity index is 2.21. The number of anilines is 1. The molecule has 0 saturated carbocycles. The Labute approximate surface area is 126 Å². The summed E-state index contributed by atoms with van der Waals surface area (Å²) in [6.45, 7) is 4.34.